The smallest absolute Gasteiger partial charge is 0.175 e. The van der Waals surface area contributed by atoms with E-state index < -0.39 is 0 Å². The van der Waals surface area contributed by atoms with Crippen molar-refractivity contribution in [3.05, 3.63) is 22.2 Å². The standard InChI is InChI=1S/C16H24BrNO2/c1-11-5-4-6-13(7-11)20-16-14(17)8-12(10-18-2)9-15(16)19-3/h8-9,11,13,18H,4-7,10H2,1-3H3. The van der Waals surface area contributed by atoms with Crippen molar-refractivity contribution in [3.63, 3.8) is 0 Å². The normalized spacial score (nSPS) is 22.6. The molecule has 20 heavy (non-hydrogen) atoms. The van der Waals surface area contributed by atoms with E-state index in [1.54, 1.807) is 7.11 Å². The second-order valence-electron chi connectivity index (χ2n) is 5.65. The van der Waals surface area contributed by atoms with Gasteiger partial charge in [0.05, 0.1) is 17.7 Å². The van der Waals surface area contributed by atoms with Gasteiger partial charge in [0.1, 0.15) is 0 Å². The third kappa shape index (κ3) is 3.89. The van der Waals surface area contributed by atoms with Crippen LogP contribution >= 0.6 is 15.9 Å². The first-order chi connectivity index (χ1) is 9.63. The van der Waals surface area contributed by atoms with Crippen molar-refractivity contribution in [1.82, 2.24) is 5.32 Å². The fourth-order valence-electron chi connectivity index (χ4n) is 2.85. The zero-order valence-corrected chi connectivity index (χ0v) is 14.1. The highest BCUT2D eigenvalue weighted by Crippen LogP contribution is 2.39. The predicted molar refractivity (Wildman–Crippen MR) is 85.5 cm³/mol. The maximum atomic E-state index is 6.22. The Balaban J connectivity index is 2.17. The summed E-state index contributed by atoms with van der Waals surface area (Å²) in [6.45, 7) is 3.12. The van der Waals surface area contributed by atoms with Crippen molar-refractivity contribution < 1.29 is 9.47 Å². The van der Waals surface area contributed by atoms with Crippen LogP contribution in [0.4, 0.5) is 0 Å². The lowest BCUT2D eigenvalue weighted by atomic mass is 9.89. The van der Waals surface area contributed by atoms with Gasteiger partial charge in [0.15, 0.2) is 11.5 Å². The Morgan fingerprint density at radius 3 is 2.80 bits per heavy atom. The van der Waals surface area contributed by atoms with Crippen LogP contribution in [0.15, 0.2) is 16.6 Å². The first-order valence-electron chi connectivity index (χ1n) is 7.31. The van der Waals surface area contributed by atoms with E-state index in [0.717, 1.165) is 41.3 Å². The molecule has 0 saturated heterocycles. The van der Waals surface area contributed by atoms with Gasteiger partial charge in [0.25, 0.3) is 0 Å². The fraction of sp³-hybridized carbons (Fsp3) is 0.625. The number of rotatable bonds is 5. The van der Waals surface area contributed by atoms with Crippen molar-refractivity contribution in [2.24, 2.45) is 5.92 Å². The van der Waals surface area contributed by atoms with Crippen LogP contribution in [0.2, 0.25) is 0 Å². The molecule has 3 nitrogen and oxygen atoms in total. The van der Waals surface area contributed by atoms with E-state index in [9.17, 15) is 0 Å². The SMILES string of the molecule is CNCc1cc(Br)c(OC2CCCC(C)C2)c(OC)c1. The second-order valence-corrected chi connectivity index (χ2v) is 6.51. The summed E-state index contributed by atoms with van der Waals surface area (Å²) >= 11 is 3.62. The highest BCUT2D eigenvalue weighted by atomic mass is 79.9. The molecule has 112 valence electrons. The molecule has 0 aromatic heterocycles. The topological polar surface area (TPSA) is 30.5 Å². The van der Waals surface area contributed by atoms with Gasteiger partial charge in [0.2, 0.25) is 0 Å². The average Bonchev–Trinajstić information content (AvgIpc) is 2.42. The molecule has 1 saturated carbocycles. The van der Waals surface area contributed by atoms with Crippen LogP contribution in [-0.2, 0) is 6.54 Å². The Morgan fingerprint density at radius 1 is 1.35 bits per heavy atom. The van der Waals surface area contributed by atoms with E-state index in [-0.39, 0.29) is 0 Å². The Labute approximate surface area is 130 Å². The van der Waals surface area contributed by atoms with Crippen LogP contribution in [0.3, 0.4) is 0 Å². The predicted octanol–water partition coefficient (Wildman–Crippen LogP) is 4.13. The van der Waals surface area contributed by atoms with E-state index in [1.807, 2.05) is 13.1 Å². The summed E-state index contributed by atoms with van der Waals surface area (Å²) in [5.74, 6) is 2.40. The Kier molecular flexibility index (Phi) is 5.73. The first kappa shape index (κ1) is 15.6. The van der Waals surface area contributed by atoms with Crippen LogP contribution < -0.4 is 14.8 Å². The quantitative estimate of drug-likeness (QED) is 0.873. The molecule has 1 N–H and O–H groups in total. The molecule has 2 unspecified atom stereocenters. The van der Waals surface area contributed by atoms with E-state index in [1.165, 1.54) is 18.4 Å². The van der Waals surface area contributed by atoms with Gasteiger partial charge in [-0.1, -0.05) is 13.3 Å². The van der Waals surface area contributed by atoms with E-state index in [2.05, 4.69) is 34.2 Å². The third-order valence-electron chi connectivity index (χ3n) is 3.84. The molecule has 1 aromatic rings. The summed E-state index contributed by atoms with van der Waals surface area (Å²) in [6.07, 6.45) is 5.15. The maximum Gasteiger partial charge on any atom is 0.175 e. The van der Waals surface area contributed by atoms with E-state index in [0.29, 0.717) is 6.10 Å². The molecule has 1 aromatic carbocycles. The Morgan fingerprint density at radius 2 is 2.15 bits per heavy atom. The van der Waals surface area contributed by atoms with Gasteiger partial charge in [-0.05, 0) is 65.9 Å². The van der Waals surface area contributed by atoms with Crippen molar-refractivity contribution >= 4 is 15.9 Å². The summed E-state index contributed by atoms with van der Waals surface area (Å²) in [5, 5.41) is 3.15. The minimum Gasteiger partial charge on any atom is -0.493 e. The number of methoxy groups -OCH3 is 1. The van der Waals surface area contributed by atoms with Crippen molar-refractivity contribution in [1.29, 1.82) is 0 Å². The van der Waals surface area contributed by atoms with Crippen molar-refractivity contribution in [2.45, 2.75) is 45.3 Å². The van der Waals surface area contributed by atoms with Crippen molar-refractivity contribution in [2.75, 3.05) is 14.2 Å². The number of hydrogen-bond donors (Lipinski definition) is 1. The van der Waals surface area contributed by atoms with Gasteiger partial charge in [-0.25, -0.2) is 0 Å². The van der Waals surface area contributed by atoms with E-state index in [4.69, 9.17) is 9.47 Å². The van der Waals surface area contributed by atoms with Gasteiger partial charge < -0.3 is 14.8 Å². The lowest BCUT2D eigenvalue weighted by Crippen LogP contribution is -2.24. The molecule has 0 amide bonds. The molecule has 0 heterocycles. The van der Waals surface area contributed by atoms with Crippen LogP contribution in [0.25, 0.3) is 0 Å². The molecule has 1 fully saturated rings. The Bertz CT molecular complexity index is 450. The molecule has 0 bridgehead atoms. The fourth-order valence-corrected chi connectivity index (χ4v) is 3.43. The summed E-state index contributed by atoms with van der Waals surface area (Å²) in [6, 6.07) is 4.14. The van der Waals surface area contributed by atoms with Crippen LogP contribution in [0.5, 0.6) is 11.5 Å². The van der Waals surface area contributed by atoms with Gasteiger partial charge >= 0.3 is 0 Å². The largest absolute Gasteiger partial charge is 0.493 e. The number of benzene rings is 1. The molecule has 0 spiro atoms. The van der Waals surface area contributed by atoms with Gasteiger partial charge in [-0.3, -0.25) is 0 Å². The summed E-state index contributed by atoms with van der Waals surface area (Å²) in [5.41, 5.74) is 1.18. The molecule has 0 radical (unpaired) electrons. The van der Waals surface area contributed by atoms with Crippen LogP contribution in [0.1, 0.15) is 38.2 Å². The van der Waals surface area contributed by atoms with Gasteiger partial charge in [-0.15, -0.1) is 0 Å². The van der Waals surface area contributed by atoms with Crippen LogP contribution in [-0.4, -0.2) is 20.3 Å². The lowest BCUT2D eigenvalue weighted by Gasteiger charge is -2.28. The molecular weight excluding hydrogens is 318 g/mol. The minimum atomic E-state index is 0.305. The molecular formula is C16H24BrNO2. The van der Waals surface area contributed by atoms with Crippen molar-refractivity contribution in [3.8, 4) is 11.5 Å². The third-order valence-corrected chi connectivity index (χ3v) is 4.43. The van der Waals surface area contributed by atoms with Gasteiger partial charge in [-0.2, -0.15) is 0 Å². The summed E-state index contributed by atoms with van der Waals surface area (Å²) in [7, 11) is 3.63. The monoisotopic (exact) mass is 341 g/mol. The number of halogens is 1. The maximum absolute atomic E-state index is 6.22. The zero-order chi connectivity index (χ0) is 14.5. The number of nitrogens with one attached hydrogen (secondary N) is 1. The molecule has 2 atom stereocenters. The van der Waals surface area contributed by atoms with E-state index >= 15 is 0 Å². The number of hydrogen-bond acceptors (Lipinski definition) is 3. The molecule has 4 heteroatoms. The molecule has 1 aliphatic carbocycles. The first-order valence-corrected chi connectivity index (χ1v) is 8.11. The highest BCUT2D eigenvalue weighted by Gasteiger charge is 2.23. The second kappa shape index (κ2) is 7.32. The highest BCUT2D eigenvalue weighted by molar-refractivity contribution is 9.10. The lowest BCUT2D eigenvalue weighted by molar-refractivity contribution is 0.124. The van der Waals surface area contributed by atoms with Gasteiger partial charge in [0, 0.05) is 6.54 Å². The summed E-state index contributed by atoms with van der Waals surface area (Å²) in [4.78, 5) is 0. The molecule has 1 aliphatic rings. The minimum absolute atomic E-state index is 0.305. The average molecular weight is 342 g/mol. The molecule has 2 rings (SSSR count). The summed E-state index contributed by atoms with van der Waals surface area (Å²) < 4.78 is 12.7. The van der Waals surface area contributed by atoms with Crippen LogP contribution in [0, 0.1) is 5.92 Å². The number of ether oxygens (including phenoxy) is 2. The molecule has 0 aliphatic heterocycles. The zero-order valence-electron chi connectivity index (χ0n) is 12.5. The Hall–Kier alpha value is -0.740.